The lowest BCUT2D eigenvalue weighted by Crippen LogP contribution is -2.51. The van der Waals surface area contributed by atoms with Crippen LogP contribution in [0.15, 0.2) is 53.7 Å². The molecule has 0 bridgehead atoms. The van der Waals surface area contributed by atoms with Gasteiger partial charge in [-0.25, -0.2) is 9.59 Å². The van der Waals surface area contributed by atoms with Gasteiger partial charge in [-0.1, -0.05) is 18.2 Å². The molecule has 1 fully saturated rings. The van der Waals surface area contributed by atoms with E-state index in [1.54, 1.807) is 39.3 Å². The van der Waals surface area contributed by atoms with Crippen molar-refractivity contribution in [3.05, 3.63) is 59.3 Å². The van der Waals surface area contributed by atoms with E-state index in [-0.39, 0.29) is 6.61 Å². The first-order valence-corrected chi connectivity index (χ1v) is 12.3. The Morgan fingerprint density at radius 3 is 2.43 bits per heavy atom. The third-order valence-corrected chi connectivity index (χ3v) is 6.57. The minimum Gasteiger partial charge on any atom is -0.497 e. The molecule has 2 aliphatic heterocycles. The summed E-state index contributed by atoms with van der Waals surface area (Å²) in [5.41, 5.74) is 2.58. The predicted molar refractivity (Wildman–Crippen MR) is 139 cm³/mol. The second kappa shape index (κ2) is 11.9. The van der Waals surface area contributed by atoms with Crippen LogP contribution in [0.4, 0.5) is 10.5 Å². The van der Waals surface area contributed by atoms with Gasteiger partial charge in [-0.2, -0.15) is 0 Å². The molecule has 2 N–H and O–H groups in total. The zero-order chi connectivity index (χ0) is 26.4. The largest absolute Gasteiger partial charge is 0.497 e. The van der Waals surface area contributed by atoms with Crippen LogP contribution in [0.5, 0.6) is 17.2 Å². The topological polar surface area (TPSA) is 102 Å². The Bertz CT molecular complexity index is 1160. The van der Waals surface area contributed by atoms with E-state index < -0.39 is 18.0 Å². The fourth-order valence-corrected chi connectivity index (χ4v) is 4.76. The normalized spacial score (nSPS) is 18.1. The predicted octanol–water partition coefficient (Wildman–Crippen LogP) is 2.71. The maximum absolute atomic E-state index is 13.2. The van der Waals surface area contributed by atoms with E-state index in [1.807, 2.05) is 18.2 Å². The van der Waals surface area contributed by atoms with Gasteiger partial charge in [0.15, 0.2) is 11.5 Å². The number of nitrogens with one attached hydrogen (secondary N) is 2. The van der Waals surface area contributed by atoms with E-state index >= 15 is 0 Å². The minimum absolute atomic E-state index is 0.213. The molecular weight excluding hydrogens is 476 g/mol. The van der Waals surface area contributed by atoms with Crippen LogP contribution in [0.2, 0.25) is 0 Å². The number of para-hydroxylation sites is 1. The molecular formula is C27H34N4O6. The van der Waals surface area contributed by atoms with Gasteiger partial charge in [-0.3, -0.25) is 4.90 Å². The van der Waals surface area contributed by atoms with Crippen LogP contribution in [0, 0.1) is 0 Å². The van der Waals surface area contributed by atoms with Crippen molar-refractivity contribution in [1.82, 2.24) is 15.5 Å². The molecule has 2 heterocycles. The molecule has 0 unspecified atom stereocenters. The second-order valence-corrected chi connectivity index (χ2v) is 8.69. The van der Waals surface area contributed by atoms with Crippen molar-refractivity contribution < 1.29 is 28.5 Å². The fraction of sp³-hybridized carbons (Fsp3) is 0.407. The number of carbonyl (C=O) groups is 2. The molecule has 2 amide bonds. The first kappa shape index (κ1) is 26.2. The summed E-state index contributed by atoms with van der Waals surface area (Å²) in [6.07, 6.45) is 0. The summed E-state index contributed by atoms with van der Waals surface area (Å²) >= 11 is 0. The first-order valence-electron chi connectivity index (χ1n) is 12.3. The molecule has 1 atom stereocenters. The number of hydrogen-bond donors (Lipinski definition) is 2. The maximum atomic E-state index is 13.2. The third kappa shape index (κ3) is 5.75. The van der Waals surface area contributed by atoms with E-state index in [4.69, 9.17) is 18.9 Å². The number of carbonyl (C=O) groups excluding carboxylic acids is 2. The van der Waals surface area contributed by atoms with Crippen LogP contribution in [0.25, 0.3) is 0 Å². The van der Waals surface area contributed by atoms with Gasteiger partial charge in [-0.15, -0.1) is 0 Å². The Labute approximate surface area is 217 Å². The molecule has 10 heteroatoms. The van der Waals surface area contributed by atoms with Crippen molar-refractivity contribution in [2.45, 2.75) is 13.0 Å². The van der Waals surface area contributed by atoms with Gasteiger partial charge in [0.2, 0.25) is 0 Å². The number of hydrogen-bond acceptors (Lipinski definition) is 8. The highest BCUT2D eigenvalue weighted by molar-refractivity contribution is 5.95. The smallest absolute Gasteiger partial charge is 0.338 e. The van der Waals surface area contributed by atoms with E-state index in [2.05, 4.69) is 26.5 Å². The van der Waals surface area contributed by atoms with Crippen LogP contribution >= 0.6 is 0 Å². The maximum Gasteiger partial charge on any atom is 0.338 e. The summed E-state index contributed by atoms with van der Waals surface area (Å²) in [5, 5.41) is 5.73. The Kier molecular flexibility index (Phi) is 8.39. The quantitative estimate of drug-likeness (QED) is 0.497. The Balaban J connectivity index is 1.60. The molecule has 37 heavy (non-hydrogen) atoms. The summed E-state index contributed by atoms with van der Waals surface area (Å²) in [6, 6.07) is 12.2. The summed E-state index contributed by atoms with van der Waals surface area (Å²) in [4.78, 5) is 30.5. The zero-order valence-corrected chi connectivity index (χ0v) is 21.7. The average molecular weight is 511 g/mol. The Morgan fingerprint density at radius 1 is 1.00 bits per heavy atom. The number of amides is 2. The number of rotatable bonds is 9. The van der Waals surface area contributed by atoms with Crippen molar-refractivity contribution in [2.24, 2.45) is 0 Å². The standard InChI is InChI=1S/C27H34N4O6/c1-5-37-26(32)23-21(17-30-12-14-31(15-13-30)18-8-6-9-19(16-18)34-2)28-27(33)29-24(23)20-10-7-11-22(35-3)25(20)36-4/h6-11,16,24H,5,12-15,17H2,1-4H3,(H2,28,29,33)/t24-/m1/s1. The number of benzene rings is 2. The number of anilines is 1. The summed E-state index contributed by atoms with van der Waals surface area (Å²) in [6.45, 7) is 5.48. The van der Waals surface area contributed by atoms with E-state index in [9.17, 15) is 9.59 Å². The van der Waals surface area contributed by atoms with Gasteiger partial charge >= 0.3 is 12.0 Å². The highest BCUT2D eigenvalue weighted by Crippen LogP contribution is 2.39. The second-order valence-electron chi connectivity index (χ2n) is 8.69. The molecule has 2 aliphatic rings. The van der Waals surface area contributed by atoms with Gasteiger partial charge < -0.3 is 34.5 Å². The van der Waals surface area contributed by atoms with Crippen LogP contribution in [0.1, 0.15) is 18.5 Å². The van der Waals surface area contributed by atoms with Crippen LogP contribution in [-0.2, 0) is 9.53 Å². The van der Waals surface area contributed by atoms with Crippen molar-refractivity contribution in [2.75, 3.05) is 65.6 Å². The van der Waals surface area contributed by atoms with E-state index in [1.165, 1.54) is 7.11 Å². The Morgan fingerprint density at radius 2 is 1.76 bits per heavy atom. The summed E-state index contributed by atoms with van der Waals surface area (Å²) < 4.78 is 21.8. The van der Waals surface area contributed by atoms with Crippen LogP contribution < -0.4 is 29.7 Å². The number of piperazine rings is 1. The Hall–Kier alpha value is -3.92. The number of urea groups is 1. The summed E-state index contributed by atoms with van der Waals surface area (Å²) in [7, 11) is 4.73. The fourth-order valence-electron chi connectivity index (χ4n) is 4.76. The van der Waals surface area contributed by atoms with Crippen molar-refractivity contribution in [3.63, 3.8) is 0 Å². The summed E-state index contributed by atoms with van der Waals surface area (Å²) in [5.74, 6) is 1.28. The lowest BCUT2D eigenvalue weighted by atomic mass is 9.93. The van der Waals surface area contributed by atoms with Gasteiger partial charge in [0.05, 0.1) is 39.6 Å². The molecule has 0 spiro atoms. The van der Waals surface area contributed by atoms with Gasteiger partial charge in [0, 0.05) is 55.7 Å². The molecule has 0 aliphatic carbocycles. The van der Waals surface area contributed by atoms with Gasteiger partial charge in [0.1, 0.15) is 5.75 Å². The van der Waals surface area contributed by atoms with Crippen molar-refractivity contribution >= 4 is 17.7 Å². The number of nitrogens with zero attached hydrogens (tertiary/aromatic N) is 2. The number of esters is 1. The SMILES string of the molecule is CCOC(=O)C1=C(CN2CCN(c3cccc(OC)c3)CC2)NC(=O)N[C@@H]1c1cccc(OC)c1OC. The van der Waals surface area contributed by atoms with Gasteiger partial charge in [-0.05, 0) is 25.1 Å². The number of methoxy groups -OCH3 is 3. The number of ether oxygens (including phenoxy) is 4. The highest BCUT2D eigenvalue weighted by atomic mass is 16.5. The molecule has 2 aromatic carbocycles. The highest BCUT2D eigenvalue weighted by Gasteiger charge is 2.36. The molecule has 0 saturated carbocycles. The van der Waals surface area contributed by atoms with E-state index in [0.717, 1.165) is 37.6 Å². The van der Waals surface area contributed by atoms with Gasteiger partial charge in [0.25, 0.3) is 0 Å². The first-order chi connectivity index (χ1) is 18.0. The van der Waals surface area contributed by atoms with Crippen LogP contribution in [0.3, 0.4) is 0 Å². The zero-order valence-electron chi connectivity index (χ0n) is 21.7. The molecule has 2 aromatic rings. The van der Waals surface area contributed by atoms with E-state index in [0.29, 0.717) is 34.9 Å². The lowest BCUT2D eigenvalue weighted by molar-refractivity contribution is -0.139. The minimum atomic E-state index is -0.758. The molecule has 0 aromatic heterocycles. The molecule has 10 nitrogen and oxygen atoms in total. The lowest BCUT2D eigenvalue weighted by Gasteiger charge is -2.38. The molecule has 0 radical (unpaired) electrons. The van der Waals surface area contributed by atoms with Crippen LogP contribution in [-0.4, -0.2) is 77.6 Å². The molecule has 1 saturated heterocycles. The van der Waals surface area contributed by atoms with Crippen molar-refractivity contribution in [3.8, 4) is 17.2 Å². The monoisotopic (exact) mass is 510 g/mol. The third-order valence-electron chi connectivity index (χ3n) is 6.57. The molecule has 4 rings (SSSR count). The molecule has 198 valence electrons. The average Bonchev–Trinajstić information content (AvgIpc) is 2.92. The van der Waals surface area contributed by atoms with Crippen molar-refractivity contribution in [1.29, 1.82) is 0 Å².